The molecule has 2 fully saturated rings. The molecule has 1 aromatic carbocycles. The Morgan fingerprint density at radius 2 is 2.05 bits per heavy atom. The molecule has 0 aromatic heterocycles. The molecule has 0 aliphatic carbocycles. The zero-order chi connectivity index (χ0) is 15.7. The van der Waals surface area contributed by atoms with Gasteiger partial charge < -0.3 is 9.84 Å². The molecule has 0 radical (unpaired) electrons. The van der Waals surface area contributed by atoms with E-state index in [-0.39, 0.29) is 12.0 Å². The Kier molecular flexibility index (Phi) is 4.54. The van der Waals surface area contributed by atoms with E-state index in [2.05, 4.69) is 0 Å². The van der Waals surface area contributed by atoms with Gasteiger partial charge in [-0.2, -0.15) is 4.31 Å². The normalized spacial score (nSPS) is 30.5. The molecule has 2 aliphatic heterocycles. The van der Waals surface area contributed by atoms with Crippen LogP contribution in [0.15, 0.2) is 29.2 Å². The first-order valence-corrected chi connectivity index (χ1v) is 9.29. The fourth-order valence-electron chi connectivity index (χ4n) is 3.58. The highest BCUT2D eigenvalue weighted by atomic mass is 32.2. The Hall–Kier alpha value is -0.950. The van der Waals surface area contributed by atoms with E-state index >= 15 is 0 Å². The van der Waals surface area contributed by atoms with Gasteiger partial charge >= 0.3 is 0 Å². The first kappa shape index (κ1) is 15.9. The third kappa shape index (κ3) is 2.80. The molecule has 0 spiro atoms. The van der Waals surface area contributed by atoms with Crippen LogP contribution < -0.4 is 0 Å². The van der Waals surface area contributed by atoms with Crippen LogP contribution in [0.3, 0.4) is 0 Å². The van der Waals surface area contributed by atoms with E-state index < -0.39 is 16.1 Å². The van der Waals surface area contributed by atoms with Gasteiger partial charge in [-0.1, -0.05) is 18.2 Å². The Labute approximate surface area is 131 Å². The van der Waals surface area contributed by atoms with Gasteiger partial charge in [0.2, 0.25) is 10.0 Å². The number of hydrogen-bond acceptors (Lipinski definition) is 4. The van der Waals surface area contributed by atoms with Gasteiger partial charge in [0, 0.05) is 25.1 Å². The average Bonchev–Trinajstić information content (AvgIpc) is 2.98. The van der Waals surface area contributed by atoms with Crippen molar-refractivity contribution in [2.24, 2.45) is 5.92 Å². The van der Waals surface area contributed by atoms with E-state index in [0.29, 0.717) is 31.1 Å². The maximum atomic E-state index is 13.0. The van der Waals surface area contributed by atoms with Crippen LogP contribution in [0, 0.1) is 12.8 Å². The van der Waals surface area contributed by atoms with Gasteiger partial charge in [-0.15, -0.1) is 0 Å². The summed E-state index contributed by atoms with van der Waals surface area (Å²) in [5.41, 5.74) is 0.758. The number of aryl methyl sites for hydroxylation is 1. The zero-order valence-electron chi connectivity index (χ0n) is 12.8. The van der Waals surface area contributed by atoms with Crippen molar-refractivity contribution >= 4 is 10.0 Å². The lowest BCUT2D eigenvalue weighted by molar-refractivity contribution is -0.0543. The van der Waals surface area contributed by atoms with E-state index in [9.17, 15) is 13.5 Å². The van der Waals surface area contributed by atoms with E-state index in [1.807, 2.05) is 19.1 Å². The topological polar surface area (TPSA) is 66.8 Å². The Morgan fingerprint density at radius 1 is 1.27 bits per heavy atom. The number of benzene rings is 1. The number of sulfonamides is 1. The minimum absolute atomic E-state index is 0.130. The molecule has 5 nitrogen and oxygen atoms in total. The van der Waals surface area contributed by atoms with E-state index in [1.54, 1.807) is 16.4 Å². The highest BCUT2D eigenvalue weighted by Gasteiger charge is 2.43. The minimum atomic E-state index is -3.52. The Morgan fingerprint density at radius 3 is 2.77 bits per heavy atom. The maximum absolute atomic E-state index is 13.0. The van der Waals surface area contributed by atoms with Crippen molar-refractivity contribution in [2.75, 3.05) is 19.8 Å². The molecule has 1 aromatic rings. The standard InChI is InChI=1S/C16H23NO4S/c1-12-5-2-3-7-16(12)22(19,20)17-9-4-6-14(17)13-11-21-10-8-15(13)18/h2-3,5,7,13-15,18H,4,6,8-11H2,1H3. The maximum Gasteiger partial charge on any atom is 0.243 e. The summed E-state index contributed by atoms with van der Waals surface area (Å²) in [7, 11) is -3.52. The second-order valence-electron chi connectivity index (χ2n) is 6.19. The molecule has 6 heteroatoms. The van der Waals surface area contributed by atoms with Crippen molar-refractivity contribution in [3.8, 4) is 0 Å². The van der Waals surface area contributed by atoms with Crippen molar-refractivity contribution in [3.63, 3.8) is 0 Å². The van der Waals surface area contributed by atoms with Crippen LogP contribution >= 0.6 is 0 Å². The molecule has 22 heavy (non-hydrogen) atoms. The smallest absolute Gasteiger partial charge is 0.243 e. The van der Waals surface area contributed by atoms with E-state index in [0.717, 1.165) is 18.4 Å². The number of hydrogen-bond donors (Lipinski definition) is 1. The number of rotatable bonds is 3. The summed E-state index contributed by atoms with van der Waals surface area (Å²) >= 11 is 0. The molecule has 122 valence electrons. The number of aliphatic hydroxyl groups is 1. The van der Waals surface area contributed by atoms with Gasteiger partial charge in [0.15, 0.2) is 0 Å². The van der Waals surface area contributed by atoms with Crippen molar-refractivity contribution < 1.29 is 18.3 Å². The average molecular weight is 325 g/mol. The molecule has 2 aliphatic rings. The van der Waals surface area contributed by atoms with Gasteiger partial charge in [0.05, 0.1) is 17.6 Å². The SMILES string of the molecule is Cc1ccccc1S(=O)(=O)N1CCCC1C1COCCC1O. The van der Waals surface area contributed by atoms with Crippen LogP contribution in [-0.4, -0.2) is 49.7 Å². The Balaban J connectivity index is 1.91. The van der Waals surface area contributed by atoms with Crippen molar-refractivity contribution in [3.05, 3.63) is 29.8 Å². The lowest BCUT2D eigenvalue weighted by Gasteiger charge is -2.36. The Bertz CT molecular complexity index is 631. The van der Waals surface area contributed by atoms with Crippen molar-refractivity contribution in [2.45, 2.75) is 43.2 Å². The third-order valence-corrected chi connectivity index (χ3v) is 6.87. The summed E-state index contributed by atoms with van der Waals surface area (Å²) in [4.78, 5) is 0.369. The predicted octanol–water partition coefficient (Wildman–Crippen LogP) is 1.55. The monoisotopic (exact) mass is 325 g/mol. The molecule has 2 heterocycles. The summed E-state index contributed by atoms with van der Waals surface area (Å²) in [6, 6.07) is 6.91. The highest BCUT2D eigenvalue weighted by Crippen LogP contribution is 2.34. The molecular formula is C16H23NO4S. The summed E-state index contributed by atoms with van der Waals surface area (Å²) in [5, 5.41) is 10.2. The van der Waals surface area contributed by atoms with Crippen LogP contribution in [0.1, 0.15) is 24.8 Å². The van der Waals surface area contributed by atoms with Gasteiger partial charge in [0.1, 0.15) is 0 Å². The fraction of sp³-hybridized carbons (Fsp3) is 0.625. The lowest BCUT2D eigenvalue weighted by atomic mass is 9.90. The first-order valence-electron chi connectivity index (χ1n) is 7.85. The van der Waals surface area contributed by atoms with Crippen LogP contribution in [-0.2, 0) is 14.8 Å². The number of nitrogens with zero attached hydrogens (tertiary/aromatic N) is 1. The molecule has 3 unspecified atom stereocenters. The molecular weight excluding hydrogens is 302 g/mol. The fourth-order valence-corrected chi connectivity index (χ4v) is 5.55. The molecule has 3 atom stereocenters. The van der Waals surface area contributed by atoms with Crippen LogP contribution in [0.2, 0.25) is 0 Å². The third-order valence-electron chi connectivity index (χ3n) is 4.79. The number of ether oxygens (including phenoxy) is 1. The zero-order valence-corrected chi connectivity index (χ0v) is 13.6. The largest absolute Gasteiger partial charge is 0.393 e. The number of aliphatic hydroxyl groups excluding tert-OH is 1. The van der Waals surface area contributed by atoms with Crippen LogP contribution in [0.25, 0.3) is 0 Å². The summed E-state index contributed by atoms with van der Waals surface area (Å²) in [6.45, 7) is 3.32. The molecule has 0 saturated carbocycles. The van der Waals surface area contributed by atoms with Crippen LogP contribution in [0.5, 0.6) is 0 Å². The second-order valence-corrected chi connectivity index (χ2v) is 8.04. The molecule has 0 amide bonds. The second kappa shape index (κ2) is 6.28. The summed E-state index contributed by atoms with van der Waals surface area (Å²) < 4.78 is 33.1. The summed E-state index contributed by atoms with van der Waals surface area (Å²) in [6.07, 6.45) is 1.72. The minimum Gasteiger partial charge on any atom is -0.393 e. The lowest BCUT2D eigenvalue weighted by Crippen LogP contribution is -2.48. The van der Waals surface area contributed by atoms with Gasteiger partial charge in [-0.25, -0.2) is 8.42 Å². The molecule has 1 N–H and O–H groups in total. The van der Waals surface area contributed by atoms with E-state index in [4.69, 9.17) is 4.74 Å². The quantitative estimate of drug-likeness (QED) is 0.915. The van der Waals surface area contributed by atoms with Gasteiger partial charge in [-0.05, 0) is 37.8 Å². The first-order chi connectivity index (χ1) is 10.5. The predicted molar refractivity (Wildman–Crippen MR) is 83.0 cm³/mol. The molecule has 2 saturated heterocycles. The molecule has 3 rings (SSSR count). The molecule has 0 bridgehead atoms. The van der Waals surface area contributed by atoms with Crippen molar-refractivity contribution in [1.82, 2.24) is 4.31 Å². The summed E-state index contributed by atoms with van der Waals surface area (Å²) in [5.74, 6) is -0.130. The van der Waals surface area contributed by atoms with Crippen LogP contribution in [0.4, 0.5) is 0 Å². The van der Waals surface area contributed by atoms with Gasteiger partial charge in [-0.3, -0.25) is 0 Å². The van der Waals surface area contributed by atoms with Crippen molar-refractivity contribution in [1.29, 1.82) is 0 Å². The highest BCUT2D eigenvalue weighted by molar-refractivity contribution is 7.89. The van der Waals surface area contributed by atoms with E-state index in [1.165, 1.54) is 0 Å². The van der Waals surface area contributed by atoms with Gasteiger partial charge in [0.25, 0.3) is 0 Å².